The topological polar surface area (TPSA) is 74.1 Å². The summed E-state index contributed by atoms with van der Waals surface area (Å²) in [5.41, 5.74) is -1.05. The number of ether oxygens (including phenoxy) is 1. The van der Waals surface area contributed by atoms with Gasteiger partial charge in [0.25, 0.3) is 6.43 Å². The van der Waals surface area contributed by atoms with Gasteiger partial charge in [-0.15, -0.1) is 0 Å². The van der Waals surface area contributed by atoms with Gasteiger partial charge < -0.3 is 4.74 Å². The van der Waals surface area contributed by atoms with Crippen LogP contribution in [0.2, 0.25) is 0 Å². The summed E-state index contributed by atoms with van der Waals surface area (Å²) in [5, 5.41) is 4.17. The minimum atomic E-state index is -2.88. The van der Waals surface area contributed by atoms with Crippen LogP contribution < -0.4 is 0 Å². The van der Waals surface area contributed by atoms with Crippen molar-refractivity contribution < 1.29 is 27.5 Å². The zero-order valence-corrected chi connectivity index (χ0v) is 18.8. The van der Waals surface area contributed by atoms with Crippen molar-refractivity contribution in [3.05, 3.63) is 46.8 Å². The van der Waals surface area contributed by atoms with Gasteiger partial charge >= 0.3 is 5.97 Å². The first-order valence-electron chi connectivity index (χ1n) is 11.4. The second kappa shape index (κ2) is 9.27. The number of hydrogen-bond acceptors (Lipinski definition) is 5. The van der Waals surface area contributed by atoms with Crippen LogP contribution in [0.4, 0.5) is 13.2 Å². The van der Waals surface area contributed by atoms with Crippen molar-refractivity contribution in [2.45, 2.75) is 70.3 Å². The molecule has 1 aromatic carbocycles. The lowest BCUT2D eigenvalue weighted by molar-refractivity contribution is -0.185. The van der Waals surface area contributed by atoms with E-state index < -0.39 is 35.3 Å². The molecule has 9 heteroatoms. The molecule has 33 heavy (non-hydrogen) atoms. The third kappa shape index (κ3) is 4.82. The largest absolute Gasteiger partial charge is 0.458 e. The number of carbonyl (C=O) groups excluding carboxylic acids is 2. The summed E-state index contributed by atoms with van der Waals surface area (Å²) in [4.78, 5) is 30.5. The number of aromatic nitrogens is 3. The Hall–Kier alpha value is -2.71. The van der Waals surface area contributed by atoms with Crippen LogP contribution in [0, 0.1) is 24.6 Å². The van der Waals surface area contributed by atoms with Gasteiger partial charge in [0.1, 0.15) is 29.0 Å². The second-order valence-corrected chi connectivity index (χ2v) is 9.22. The molecular weight excluding hydrogens is 435 g/mol. The van der Waals surface area contributed by atoms with E-state index in [9.17, 15) is 22.8 Å². The molecule has 0 spiro atoms. The molecule has 2 fully saturated rings. The SMILES string of the molecule is Cc1nc(CC2C(=O)CC(CCc3ccc(C(F)F)c(F)c3)(C3CCCC3)OC2=O)n(C)n1. The normalized spacial score (nSPS) is 24.0. The molecular formula is C24H28F3N3O3. The molecule has 2 aliphatic rings. The standard InChI is InChI=1S/C24H28F3N3O3/c1-14-28-21(30(2)29-14)12-18-20(31)13-24(33-23(18)32,16-5-3-4-6-16)10-9-15-7-8-17(22(26)27)19(25)11-15/h7-8,11,16,18,22H,3-6,9-10,12-13H2,1-2H3. The second-order valence-electron chi connectivity index (χ2n) is 9.22. The molecule has 1 aromatic heterocycles. The fourth-order valence-corrected chi connectivity index (χ4v) is 5.25. The van der Waals surface area contributed by atoms with Crippen LogP contribution >= 0.6 is 0 Å². The van der Waals surface area contributed by atoms with Gasteiger partial charge in [-0.05, 0) is 50.2 Å². The minimum Gasteiger partial charge on any atom is -0.458 e. The molecule has 1 aliphatic carbocycles. The maximum atomic E-state index is 14.0. The number of nitrogens with zero attached hydrogens (tertiary/aromatic N) is 3. The molecule has 2 aromatic rings. The van der Waals surface area contributed by atoms with Gasteiger partial charge in [-0.1, -0.05) is 25.0 Å². The van der Waals surface area contributed by atoms with Gasteiger partial charge in [-0.3, -0.25) is 14.3 Å². The third-order valence-electron chi connectivity index (χ3n) is 7.03. The van der Waals surface area contributed by atoms with Gasteiger partial charge in [-0.25, -0.2) is 18.2 Å². The van der Waals surface area contributed by atoms with Gasteiger partial charge in [0.2, 0.25) is 0 Å². The maximum Gasteiger partial charge on any atom is 0.317 e. The Kier molecular flexibility index (Phi) is 6.59. The highest BCUT2D eigenvalue weighted by Gasteiger charge is 2.51. The highest BCUT2D eigenvalue weighted by molar-refractivity contribution is 6.01. The molecule has 0 amide bonds. The average molecular weight is 464 g/mol. The fraction of sp³-hybridized carbons (Fsp3) is 0.583. The third-order valence-corrected chi connectivity index (χ3v) is 7.03. The Morgan fingerprint density at radius 3 is 2.55 bits per heavy atom. The Morgan fingerprint density at radius 2 is 1.97 bits per heavy atom. The quantitative estimate of drug-likeness (QED) is 0.449. The number of Topliss-reactive ketones (excluding diaryl/α,β-unsaturated/α-hetero) is 1. The number of alkyl halides is 2. The van der Waals surface area contributed by atoms with E-state index in [-0.39, 0.29) is 24.5 Å². The van der Waals surface area contributed by atoms with E-state index in [1.807, 2.05) is 0 Å². The number of benzene rings is 1. The fourth-order valence-electron chi connectivity index (χ4n) is 5.25. The van der Waals surface area contributed by atoms with Crippen molar-refractivity contribution in [2.75, 3.05) is 0 Å². The van der Waals surface area contributed by atoms with E-state index in [0.29, 0.717) is 30.1 Å². The number of esters is 1. The highest BCUT2D eigenvalue weighted by atomic mass is 19.3. The average Bonchev–Trinajstić information content (AvgIpc) is 3.39. The van der Waals surface area contributed by atoms with Crippen LogP contribution in [-0.2, 0) is 34.2 Å². The Balaban J connectivity index is 1.53. The molecule has 1 saturated carbocycles. The molecule has 2 heterocycles. The van der Waals surface area contributed by atoms with Crippen molar-refractivity contribution in [2.24, 2.45) is 18.9 Å². The summed E-state index contributed by atoms with van der Waals surface area (Å²) in [6.45, 7) is 1.74. The zero-order valence-electron chi connectivity index (χ0n) is 18.8. The Morgan fingerprint density at radius 1 is 1.24 bits per heavy atom. The van der Waals surface area contributed by atoms with Gasteiger partial charge in [0, 0.05) is 19.9 Å². The number of cyclic esters (lactones) is 1. The van der Waals surface area contributed by atoms with E-state index in [1.165, 1.54) is 6.07 Å². The molecule has 1 saturated heterocycles. The predicted octanol–water partition coefficient (Wildman–Crippen LogP) is 4.44. The number of ketones is 1. The Bertz CT molecular complexity index is 1030. The molecule has 0 radical (unpaired) electrons. The monoisotopic (exact) mass is 463 g/mol. The molecule has 2 unspecified atom stereocenters. The number of aryl methyl sites for hydroxylation is 3. The Labute approximate surface area is 190 Å². The van der Waals surface area contributed by atoms with E-state index in [2.05, 4.69) is 10.1 Å². The van der Waals surface area contributed by atoms with Crippen LogP contribution in [0.1, 0.15) is 67.7 Å². The summed E-state index contributed by atoms with van der Waals surface area (Å²) in [6.07, 6.45) is 1.73. The lowest BCUT2D eigenvalue weighted by atomic mass is 9.73. The smallest absolute Gasteiger partial charge is 0.317 e. The minimum absolute atomic E-state index is 0.0496. The number of halogens is 3. The summed E-state index contributed by atoms with van der Waals surface area (Å²) in [6, 6.07) is 3.67. The summed E-state index contributed by atoms with van der Waals surface area (Å²) >= 11 is 0. The van der Waals surface area contributed by atoms with Crippen molar-refractivity contribution in [1.82, 2.24) is 14.8 Å². The lowest BCUT2D eigenvalue weighted by Crippen LogP contribution is -2.52. The summed E-state index contributed by atoms with van der Waals surface area (Å²) in [5.74, 6) is -1.46. The van der Waals surface area contributed by atoms with Crippen LogP contribution in [0.25, 0.3) is 0 Å². The first kappa shape index (κ1) is 23.4. The van der Waals surface area contributed by atoms with Crippen LogP contribution in [0.3, 0.4) is 0 Å². The molecule has 4 rings (SSSR count). The molecule has 178 valence electrons. The van der Waals surface area contributed by atoms with E-state index >= 15 is 0 Å². The molecule has 0 N–H and O–H groups in total. The number of carbonyl (C=O) groups is 2. The first-order chi connectivity index (χ1) is 15.7. The van der Waals surface area contributed by atoms with Gasteiger partial charge in [-0.2, -0.15) is 5.10 Å². The number of rotatable bonds is 7. The molecule has 1 aliphatic heterocycles. The summed E-state index contributed by atoms with van der Waals surface area (Å²) in [7, 11) is 1.72. The highest BCUT2D eigenvalue weighted by Crippen LogP contribution is 2.45. The van der Waals surface area contributed by atoms with Crippen molar-refractivity contribution in [3.8, 4) is 0 Å². The van der Waals surface area contributed by atoms with Crippen LogP contribution in [-0.4, -0.2) is 32.1 Å². The zero-order chi connectivity index (χ0) is 23.8. The van der Waals surface area contributed by atoms with Crippen LogP contribution in [0.5, 0.6) is 0 Å². The van der Waals surface area contributed by atoms with Crippen molar-refractivity contribution in [1.29, 1.82) is 0 Å². The van der Waals surface area contributed by atoms with Gasteiger partial charge in [0.05, 0.1) is 5.56 Å². The van der Waals surface area contributed by atoms with E-state index in [1.54, 1.807) is 18.7 Å². The van der Waals surface area contributed by atoms with Crippen molar-refractivity contribution >= 4 is 11.8 Å². The molecule has 0 bridgehead atoms. The van der Waals surface area contributed by atoms with Crippen LogP contribution in [0.15, 0.2) is 18.2 Å². The predicted molar refractivity (Wildman–Crippen MR) is 113 cm³/mol. The van der Waals surface area contributed by atoms with Crippen molar-refractivity contribution in [3.63, 3.8) is 0 Å². The number of hydrogen-bond donors (Lipinski definition) is 0. The first-order valence-corrected chi connectivity index (χ1v) is 11.4. The maximum absolute atomic E-state index is 14.0. The molecule has 2 atom stereocenters. The van der Waals surface area contributed by atoms with E-state index in [0.717, 1.165) is 37.8 Å². The van der Waals surface area contributed by atoms with E-state index in [4.69, 9.17) is 4.74 Å². The van der Waals surface area contributed by atoms with Gasteiger partial charge in [0.15, 0.2) is 5.78 Å². The summed E-state index contributed by atoms with van der Waals surface area (Å²) < 4.78 is 47.4. The lowest BCUT2D eigenvalue weighted by Gasteiger charge is -2.43. The molecule has 6 nitrogen and oxygen atoms in total.